The Labute approximate surface area is 210 Å². The molecule has 35 heavy (non-hydrogen) atoms. The number of aliphatic hydroxyl groups is 1. The van der Waals surface area contributed by atoms with Crippen LogP contribution in [-0.2, 0) is 14.4 Å². The number of aliphatic carboxylic acids is 1. The van der Waals surface area contributed by atoms with Gasteiger partial charge in [-0.3, -0.25) is 0 Å². The Morgan fingerprint density at radius 2 is 1.77 bits per heavy atom. The molecule has 4 rings (SSSR count). The molecular formula is C27H33FN2O4S. The molecule has 1 aliphatic heterocycles. The first-order valence-corrected chi connectivity index (χ1v) is 13.1. The van der Waals surface area contributed by atoms with Gasteiger partial charge in [-0.1, -0.05) is 42.5 Å². The molecule has 1 aliphatic carbocycles. The number of benzene rings is 2. The molecule has 188 valence electrons. The van der Waals surface area contributed by atoms with Gasteiger partial charge in [0.2, 0.25) is 0 Å². The van der Waals surface area contributed by atoms with E-state index in [9.17, 15) is 14.3 Å². The van der Waals surface area contributed by atoms with Crippen LogP contribution in [0.3, 0.4) is 0 Å². The summed E-state index contributed by atoms with van der Waals surface area (Å²) in [6, 6.07) is 16.8. The highest BCUT2D eigenvalue weighted by atomic mass is 32.2. The molecule has 1 saturated carbocycles. The highest BCUT2D eigenvalue weighted by Crippen LogP contribution is 2.49. The Hall–Kier alpha value is -2.39. The minimum absolute atomic E-state index is 0.0469. The lowest BCUT2D eigenvalue weighted by Crippen LogP contribution is -2.45. The van der Waals surface area contributed by atoms with Crippen molar-refractivity contribution in [3.8, 4) is 0 Å². The van der Waals surface area contributed by atoms with Gasteiger partial charge >= 0.3 is 5.97 Å². The third-order valence-electron chi connectivity index (χ3n) is 6.71. The average molecular weight is 501 g/mol. The molecule has 0 aromatic heterocycles. The van der Waals surface area contributed by atoms with Gasteiger partial charge in [0.25, 0.3) is 0 Å². The van der Waals surface area contributed by atoms with Crippen LogP contribution in [0.2, 0.25) is 0 Å². The van der Waals surface area contributed by atoms with E-state index in [-0.39, 0.29) is 19.0 Å². The zero-order chi connectivity index (χ0) is 24.7. The van der Waals surface area contributed by atoms with Crippen molar-refractivity contribution in [2.75, 3.05) is 32.1 Å². The first-order chi connectivity index (χ1) is 17.0. The van der Waals surface area contributed by atoms with Crippen molar-refractivity contribution in [3.05, 3.63) is 77.7 Å². The summed E-state index contributed by atoms with van der Waals surface area (Å²) >= 11 is 1.61. The van der Waals surface area contributed by atoms with Crippen LogP contribution in [0.5, 0.6) is 0 Å². The SMILES string of the molecule is O=C(O)COCC1CCC(CN2C=C(c3ccccc3)C(SCCO)(c3ccc(F)cc3)N2)CC1. The van der Waals surface area contributed by atoms with Gasteiger partial charge in [0, 0.05) is 24.1 Å². The highest BCUT2D eigenvalue weighted by molar-refractivity contribution is 8.00. The predicted octanol–water partition coefficient (Wildman–Crippen LogP) is 4.47. The number of halogens is 1. The summed E-state index contributed by atoms with van der Waals surface area (Å²) in [5.41, 5.74) is 6.81. The summed E-state index contributed by atoms with van der Waals surface area (Å²) in [6.07, 6.45) is 6.32. The third-order valence-corrected chi connectivity index (χ3v) is 8.08. The molecule has 2 aromatic carbocycles. The number of carboxylic acid groups (broad SMARTS) is 1. The lowest BCUT2D eigenvalue weighted by Gasteiger charge is -2.36. The third kappa shape index (κ3) is 6.44. The fraction of sp³-hybridized carbons (Fsp3) is 0.444. The van der Waals surface area contributed by atoms with E-state index in [2.05, 4.69) is 28.8 Å². The fourth-order valence-electron chi connectivity index (χ4n) is 5.00. The molecule has 0 bridgehead atoms. The zero-order valence-corrected chi connectivity index (χ0v) is 20.6. The van der Waals surface area contributed by atoms with E-state index in [0.29, 0.717) is 24.2 Å². The first kappa shape index (κ1) is 25.7. The summed E-state index contributed by atoms with van der Waals surface area (Å²) in [6.45, 7) is 1.15. The van der Waals surface area contributed by atoms with E-state index in [1.165, 1.54) is 12.1 Å². The second kappa shape index (κ2) is 12.0. The molecule has 0 spiro atoms. The Bertz CT molecular complexity index is 996. The number of hydrazine groups is 1. The molecule has 8 heteroatoms. The number of rotatable bonds is 11. The first-order valence-electron chi connectivity index (χ1n) is 12.1. The van der Waals surface area contributed by atoms with Crippen molar-refractivity contribution in [2.45, 2.75) is 30.6 Å². The van der Waals surface area contributed by atoms with E-state index in [4.69, 9.17) is 9.84 Å². The van der Waals surface area contributed by atoms with Crippen molar-refractivity contribution in [1.82, 2.24) is 10.4 Å². The fourth-order valence-corrected chi connectivity index (χ4v) is 6.21. The molecule has 2 aliphatic rings. The molecule has 1 atom stereocenters. The van der Waals surface area contributed by atoms with E-state index < -0.39 is 10.8 Å². The maximum Gasteiger partial charge on any atom is 0.329 e. The standard InChI is InChI=1S/C27H33FN2O4S/c28-24-12-10-23(11-13-24)27(35-15-14-31)25(22-4-2-1-3-5-22)17-30(29-27)16-20-6-8-21(9-7-20)18-34-19-26(32)33/h1-5,10-13,17,20-21,29,31H,6-9,14-16,18-19H2,(H,32,33). The van der Waals surface area contributed by atoms with E-state index in [1.54, 1.807) is 11.8 Å². The van der Waals surface area contributed by atoms with Gasteiger partial charge in [0.15, 0.2) is 0 Å². The number of nitrogens with one attached hydrogen (secondary N) is 1. The number of carbonyl (C=O) groups is 1. The summed E-state index contributed by atoms with van der Waals surface area (Å²) in [5.74, 6) is 0.234. The van der Waals surface area contributed by atoms with Crippen molar-refractivity contribution in [1.29, 1.82) is 0 Å². The summed E-state index contributed by atoms with van der Waals surface area (Å²) in [4.78, 5) is 10.0. The summed E-state index contributed by atoms with van der Waals surface area (Å²) in [5, 5.41) is 20.6. The van der Waals surface area contributed by atoms with Crippen LogP contribution < -0.4 is 5.43 Å². The minimum atomic E-state index is -0.927. The van der Waals surface area contributed by atoms with Gasteiger partial charge in [-0.25, -0.2) is 14.6 Å². The number of hydrogen-bond donors (Lipinski definition) is 3. The molecular weight excluding hydrogens is 467 g/mol. The Morgan fingerprint density at radius 1 is 1.09 bits per heavy atom. The highest BCUT2D eigenvalue weighted by Gasteiger charge is 2.43. The topological polar surface area (TPSA) is 82.0 Å². The van der Waals surface area contributed by atoms with Gasteiger partial charge in [0.1, 0.15) is 17.3 Å². The molecule has 3 N–H and O–H groups in total. The van der Waals surface area contributed by atoms with Crippen LogP contribution in [0.1, 0.15) is 36.8 Å². The molecule has 0 saturated heterocycles. The second-order valence-electron chi connectivity index (χ2n) is 9.23. The number of nitrogens with zero attached hydrogens (tertiary/aromatic N) is 1. The van der Waals surface area contributed by atoms with Crippen LogP contribution in [0.4, 0.5) is 4.39 Å². The maximum atomic E-state index is 13.8. The van der Waals surface area contributed by atoms with Crippen molar-refractivity contribution >= 4 is 23.3 Å². The predicted molar refractivity (Wildman–Crippen MR) is 136 cm³/mol. The maximum absolute atomic E-state index is 13.8. The Kier molecular flexibility index (Phi) is 8.83. The van der Waals surface area contributed by atoms with Crippen molar-refractivity contribution in [2.24, 2.45) is 11.8 Å². The van der Waals surface area contributed by atoms with E-state index in [0.717, 1.165) is 48.9 Å². The average Bonchev–Trinajstić information content (AvgIpc) is 3.23. The van der Waals surface area contributed by atoms with Crippen molar-refractivity contribution in [3.63, 3.8) is 0 Å². The Morgan fingerprint density at radius 3 is 2.43 bits per heavy atom. The second-order valence-corrected chi connectivity index (χ2v) is 10.5. The minimum Gasteiger partial charge on any atom is -0.480 e. The van der Waals surface area contributed by atoms with Crippen LogP contribution in [-0.4, -0.2) is 53.3 Å². The molecule has 2 aromatic rings. The summed E-state index contributed by atoms with van der Waals surface area (Å²) < 4.78 is 19.1. The van der Waals surface area contributed by atoms with E-state index in [1.807, 2.05) is 30.3 Å². The van der Waals surface area contributed by atoms with Crippen LogP contribution >= 0.6 is 11.8 Å². The molecule has 1 fully saturated rings. The number of thioether (sulfide) groups is 1. The van der Waals surface area contributed by atoms with Gasteiger partial charge in [-0.2, -0.15) is 0 Å². The van der Waals surface area contributed by atoms with Crippen molar-refractivity contribution < 1.29 is 24.1 Å². The molecule has 6 nitrogen and oxygen atoms in total. The lowest BCUT2D eigenvalue weighted by atomic mass is 9.82. The Balaban J connectivity index is 1.51. The molecule has 1 heterocycles. The monoisotopic (exact) mass is 500 g/mol. The number of aliphatic hydroxyl groups excluding tert-OH is 1. The van der Waals surface area contributed by atoms with Gasteiger partial charge in [-0.15, -0.1) is 11.8 Å². The van der Waals surface area contributed by atoms with Crippen LogP contribution in [0.15, 0.2) is 60.8 Å². The molecule has 1 unspecified atom stereocenters. The number of hydrogen-bond acceptors (Lipinski definition) is 6. The smallest absolute Gasteiger partial charge is 0.329 e. The largest absolute Gasteiger partial charge is 0.480 e. The van der Waals surface area contributed by atoms with E-state index >= 15 is 0 Å². The molecule has 0 amide bonds. The number of ether oxygens (including phenoxy) is 1. The lowest BCUT2D eigenvalue weighted by molar-refractivity contribution is -0.142. The van der Waals surface area contributed by atoms with Gasteiger partial charge in [0.05, 0.1) is 13.2 Å². The normalized spacial score (nSPS) is 24.4. The van der Waals surface area contributed by atoms with Crippen LogP contribution in [0, 0.1) is 17.7 Å². The number of carboxylic acids is 1. The van der Waals surface area contributed by atoms with Gasteiger partial charge in [-0.05, 0) is 60.8 Å². The van der Waals surface area contributed by atoms with Crippen LogP contribution in [0.25, 0.3) is 5.57 Å². The van der Waals surface area contributed by atoms with Gasteiger partial charge < -0.3 is 20.0 Å². The zero-order valence-electron chi connectivity index (χ0n) is 19.7. The summed E-state index contributed by atoms with van der Waals surface area (Å²) in [7, 11) is 0. The molecule has 0 radical (unpaired) electrons. The quantitative estimate of drug-likeness (QED) is 0.420.